The van der Waals surface area contributed by atoms with Crippen molar-refractivity contribution >= 4 is 11.4 Å². The molecule has 1 unspecified atom stereocenters. The first kappa shape index (κ1) is 14.4. The predicted octanol–water partition coefficient (Wildman–Crippen LogP) is 1.66. The van der Waals surface area contributed by atoms with E-state index in [9.17, 15) is 10.1 Å². The molecule has 18 heavy (non-hydrogen) atoms. The molecule has 0 aromatic heterocycles. The third-order valence-corrected chi connectivity index (χ3v) is 2.64. The lowest BCUT2D eigenvalue weighted by Crippen LogP contribution is -2.16. The van der Waals surface area contributed by atoms with Crippen LogP contribution in [0.5, 0.6) is 0 Å². The van der Waals surface area contributed by atoms with E-state index in [0.29, 0.717) is 17.7 Å². The normalized spacial score (nSPS) is 12.2. The van der Waals surface area contributed by atoms with Crippen molar-refractivity contribution in [3.05, 3.63) is 33.9 Å². The van der Waals surface area contributed by atoms with Crippen LogP contribution in [0.1, 0.15) is 25.3 Å². The maximum absolute atomic E-state index is 10.9. The molecule has 0 radical (unpaired) electrons. The topological polar surface area (TPSA) is 95.6 Å². The van der Waals surface area contributed by atoms with Crippen molar-refractivity contribution < 1.29 is 15.1 Å². The van der Waals surface area contributed by atoms with Crippen LogP contribution in [0.2, 0.25) is 0 Å². The van der Waals surface area contributed by atoms with E-state index in [1.54, 1.807) is 6.07 Å². The number of nitro benzene ring substituents is 1. The highest BCUT2D eigenvalue weighted by Crippen LogP contribution is 2.26. The van der Waals surface area contributed by atoms with Gasteiger partial charge >= 0.3 is 0 Å². The monoisotopic (exact) mass is 254 g/mol. The van der Waals surface area contributed by atoms with Gasteiger partial charge in [-0.1, -0.05) is 0 Å². The summed E-state index contributed by atoms with van der Waals surface area (Å²) in [6.07, 6.45) is 1.36. The average molecular weight is 254 g/mol. The Hall–Kier alpha value is -1.66. The third kappa shape index (κ3) is 3.97. The molecule has 0 bridgehead atoms. The third-order valence-electron chi connectivity index (χ3n) is 2.64. The first-order chi connectivity index (χ1) is 8.58. The Morgan fingerprint density at radius 3 is 2.72 bits per heavy atom. The van der Waals surface area contributed by atoms with E-state index < -0.39 is 4.92 Å². The molecule has 6 heteroatoms. The van der Waals surface area contributed by atoms with Gasteiger partial charge in [-0.2, -0.15) is 0 Å². The van der Waals surface area contributed by atoms with Gasteiger partial charge in [0, 0.05) is 18.7 Å². The molecule has 3 N–H and O–H groups in total. The Kier molecular flexibility index (Phi) is 5.54. The number of nitro groups is 1. The Labute approximate surface area is 105 Å². The number of hydrogen-bond acceptors (Lipinski definition) is 5. The summed E-state index contributed by atoms with van der Waals surface area (Å²) in [6.45, 7) is 1.84. The van der Waals surface area contributed by atoms with Crippen molar-refractivity contribution in [1.29, 1.82) is 0 Å². The molecule has 0 aliphatic rings. The van der Waals surface area contributed by atoms with E-state index in [1.807, 2.05) is 6.92 Å². The number of anilines is 1. The minimum atomic E-state index is -0.456. The molecule has 0 spiro atoms. The zero-order valence-electron chi connectivity index (χ0n) is 10.3. The highest BCUT2D eigenvalue weighted by Gasteiger charge is 2.15. The molecule has 0 fully saturated rings. The van der Waals surface area contributed by atoms with Crippen molar-refractivity contribution in [2.75, 3.05) is 11.9 Å². The highest BCUT2D eigenvalue weighted by atomic mass is 16.6. The molecule has 100 valence electrons. The molecule has 0 saturated carbocycles. The lowest BCUT2D eigenvalue weighted by molar-refractivity contribution is -0.384. The fourth-order valence-corrected chi connectivity index (χ4v) is 1.69. The largest absolute Gasteiger partial charge is 0.396 e. The van der Waals surface area contributed by atoms with Crippen LogP contribution in [0.15, 0.2) is 18.2 Å². The van der Waals surface area contributed by atoms with Crippen LogP contribution in [0.4, 0.5) is 11.4 Å². The van der Waals surface area contributed by atoms with Gasteiger partial charge in [-0.3, -0.25) is 10.1 Å². The van der Waals surface area contributed by atoms with Crippen molar-refractivity contribution in [2.45, 2.75) is 32.4 Å². The molecule has 0 aliphatic carbocycles. The van der Waals surface area contributed by atoms with Crippen LogP contribution >= 0.6 is 0 Å². The second kappa shape index (κ2) is 6.93. The van der Waals surface area contributed by atoms with Gasteiger partial charge in [-0.25, -0.2) is 0 Å². The van der Waals surface area contributed by atoms with Gasteiger partial charge in [0.05, 0.1) is 11.5 Å². The molecule has 0 saturated heterocycles. The van der Waals surface area contributed by atoms with Crippen molar-refractivity contribution in [1.82, 2.24) is 0 Å². The zero-order chi connectivity index (χ0) is 13.5. The SMILES string of the molecule is CC(CCCO)Nc1cc(CO)ccc1[N+](=O)[O-]. The lowest BCUT2D eigenvalue weighted by atomic mass is 10.1. The number of benzene rings is 1. The Balaban J connectivity index is 2.86. The van der Waals surface area contributed by atoms with E-state index in [4.69, 9.17) is 10.2 Å². The van der Waals surface area contributed by atoms with Crippen LogP contribution < -0.4 is 5.32 Å². The maximum atomic E-state index is 10.9. The maximum Gasteiger partial charge on any atom is 0.292 e. The van der Waals surface area contributed by atoms with E-state index in [-0.39, 0.29) is 24.9 Å². The molecule has 6 nitrogen and oxygen atoms in total. The minimum Gasteiger partial charge on any atom is -0.396 e. The molecule has 0 amide bonds. The highest BCUT2D eigenvalue weighted by molar-refractivity contribution is 5.63. The van der Waals surface area contributed by atoms with E-state index in [0.717, 1.165) is 6.42 Å². The predicted molar refractivity (Wildman–Crippen MR) is 68.4 cm³/mol. The van der Waals surface area contributed by atoms with Crippen LogP contribution in [-0.4, -0.2) is 27.8 Å². The van der Waals surface area contributed by atoms with Gasteiger partial charge in [0.15, 0.2) is 0 Å². The van der Waals surface area contributed by atoms with Crippen molar-refractivity contribution in [2.24, 2.45) is 0 Å². The fourth-order valence-electron chi connectivity index (χ4n) is 1.69. The smallest absolute Gasteiger partial charge is 0.292 e. The Bertz CT molecular complexity index is 409. The summed E-state index contributed by atoms with van der Waals surface area (Å²) < 4.78 is 0. The second-order valence-electron chi connectivity index (χ2n) is 4.18. The standard InChI is InChI=1S/C12H18N2O4/c1-9(3-2-6-15)13-11-7-10(8-16)4-5-12(11)14(17)18/h4-5,7,9,13,15-16H,2-3,6,8H2,1H3. The first-order valence-electron chi connectivity index (χ1n) is 5.84. The summed E-state index contributed by atoms with van der Waals surface area (Å²) in [5.74, 6) is 0. The molecule has 1 atom stereocenters. The summed E-state index contributed by atoms with van der Waals surface area (Å²) in [4.78, 5) is 10.4. The first-order valence-corrected chi connectivity index (χ1v) is 5.84. The van der Waals surface area contributed by atoms with Crippen LogP contribution in [0, 0.1) is 10.1 Å². The summed E-state index contributed by atoms with van der Waals surface area (Å²) in [7, 11) is 0. The van der Waals surface area contributed by atoms with E-state index in [2.05, 4.69) is 5.32 Å². The lowest BCUT2D eigenvalue weighted by Gasteiger charge is -2.15. The van der Waals surface area contributed by atoms with Crippen molar-refractivity contribution in [3.8, 4) is 0 Å². The Morgan fingerprint density at radius 2 is 2.17 bits per heavy atom. The van der Waals surface area contributed by atoms with Gasteiger partial charge in [0.1, 0.15) is 5.69 Å². The van der Waals surface area contributed by atoms with Gasteiger partial charge in [0.25, 0.3) is 5.69 Å². The molecule has 1 aromatic rings. The number of nitrogens with one attached hydrogen (secondary N) is 1. The molecule has 1 rings (SSSR count). The minimum absolute atomic E-state index is 0.0111. The molecule has 0 aliphatic heterocycles. The summed E-state index contributed by atoms with van der Waals surface area (Å²) in [6, 6.07) is 4.51. The molecule has 1 aromatic carbocycles. The summed E-state index contributed by atoms with van der Waals surface area (Å²) in [5.41, 5.74) is 1.01. The van der Waals surface area contributed by atoms with Gasteiger partial charge in [-0.15, -0.1) is 0 Å². The Morgan fingerprint density at radius 1 is 1.44 bits per heavy atom. The van der Waals surface area contributed by atoms with E-state index in [1.165, 1.54) is 12.1 Å². The average Bonchev–Trinajstić information content (AvgIpc) is 2.35. The van der Waals surface area contributed by atoms with Crippen LogP contribution in [0.3, 0.4) is 0 Å². The van der Waals surface area contributed by atoms with Crippen molar-refractivity contribution in [3.63, 3.8) is 0 Å². The summed E-state index contributed by atoms with van der Waals surface area (Å²) >= 11 is 0. The number of rotatable bonds is 7. The summed E-state index contributed by atoms with van der Waals surface area (Å²) in [5, 5.41) is 31.7. The van der Waals surface area contributed by atoms with E-state index >= 15 is 0 Å². The number of nitrogens with zero attached hydrogens (tertiary/aromatic N) is 1. The number of hydrogen-bond donors (Lipinski definition) is 3. The zero-order valence-corrected chi connectivity index (χ0v) is 10.3. The quantitative estimate of drug-likeness (QED) is 0.508. The van der Waals surface area contributed by atoms with Crippen LogP contribution in [-0.2, 0) is 6.61 Å². The second-order valence-corrected chi connectivity index (χ2v) is 4.18. The van der Waals surface area contributed by atoms with Gasteiger partial charge in [0.2, 0.25) is 0 Å². The molecular weight excluding hydrogens is 236 g/mol. The molecule has 0 heterocycles. The van der Waals surface area contributed by atoms with Gasteiger partial charge < -0.3 is 15.5 Å². The number of aliphatic hydroxyl groups is 2. The van der Waals surface area contributed by atoms with Crippen LogP contribution in [0.25, 0.3) is 0 Å². The number of aliphatic hydroxyl groups excluding tert-OH is 2. The fraction of sp³-hybridized carbons (Fsp3) is 0.500. The molecular formula is C12H18N2O4. The van der Waals surface area contributed by atoms with Gasteiger partial charge in [-0.05, 0) is 37.5 Å².